The van der Waals surface area contributed by atoms with Crippen LogP contribution in [0.1, 0.15) is 30.6 Å². The highest BCUT2D eigenvalue weighted by Crippen LogP contribution is 2.22. The molecule has 1 atom stereocenters. The van der Waals surface area contributed by atoms with E-state index in [1.165, 1.54) is 0 Å². The molecular formula is C13H15ClO3S. The van der Waals surface area contributed by atoms with Crippen LogP contribution in [0.3, 0.4) is 0 Å². The lowest BCUT2D eigenvalue weighted by molar-refractivity contribution is -0.142. The van der Waals surface area contributed by atoms with Crippen molar-refractivity contribution in [1.82, 2.24) is 0 Å². The molecule has 0 spiro atoms. The molecule has 0 N–H and O–H groups in total. The summed E-state index contributed by atoms with van der Waals surface area (Å²) in [5, 5.41) is 0.323. The zero-order chi connectivity index (χ0) is 13.5. The van der Waals surface area contributed by atoms with Gasteiger partial charge < -0.3 is 4.74 Å². The van der Waals surface area contributed by atoms with Crippen LogP contribution in [0.15, 0.2) is 24.3 Å². The van der Waals surface area contributed by atoms with Crippen LogP contribution in [-0.2, 0) is 9.53 Å². The van der Waals surface area contributed by atoms with Gasteiger partial charge in [-0.3, -0.25) is 9.59 Å². The molecule has 1 aromatic rings. The molecule has 0 aliphatic carbocycles. The first-order valence-electron chi connectivity index (χ1n) is 5.65. The Hall–Kier alpha value is -1.00. The van der Waals surface area contributed by atoms with E-state index < -0.39 is 0 Å². The molecule has 1 aromatic carbocycles. The van der Waals surface area contributed by atoms with E-state index in [-0.39, 0.29) is 22.8 Å². The molecule has 0 radical (unpaired) electrons. The number of hydrogen-bond acceptors (Lipinski definition) is 4. The van der Waals surface area contributed by atoms with E-state index >= 15 is 0 Å². The fourth-order valence-electron chi connectivity index (χ4n) is 1.36. The van der Waals surface area contributed by atoms with Crippen molar-refractivity contribution in [2.75, 3.05) is 6.61 Å². The van der Waals surface area contributed by atoms with Gasteiger partial charge in [0.1, 0.15) is 0 Å². The summed E-state index contributed by atoms with van der Waals surface area (Å²) in [6.45, 7) is 3.94. The summed E-state index contributed by atoms with van der Waals surface area (Å²) in [5.74, 6) is -0.281. The van der Waals surface area contributed by atoms with Gasteiger partial charge in [-0.15, -0.1) is 0 Å². The van der Waals surface area contributed by atoms with Crippen molar-refractivity contribution >= 4 is 34.4 Å². The predicted molar refractivity (Wildman–Crippen MR) is 74.1 cm³/mol. The molecule has 0 bridgehead atoms. The molecule has 98 valence electrons. The van der Waals surface area contributed by atoms with Gasteiger partial charge in [0.2, 0.25) is 5.12 Å². The summed E-state index contributed by atoms with van der Waals surface area (Å²) in [6.07, 6.45) is 0.227. The maximum Gasteiger partial charge on any atom is 0.306 e. The van der Waals surface area contributed by atoms with Crippen LogP contribution in [0.4, 0.5) is 0 Å². The van der Waals surface area contributed by atoms with Crippen LogP contribution in [0.25, 0.3) is 0 Å². The molecule has 0 heterocycles. The highest BCUT2D eigenvalue weighted by molar-refractivity contribution is 8.14. The van der Waals surface area contributed by atoms with E-state index in [1.54, 1.807) is 31.2 Å². The Morgan fingerprint density at radius 3 is 2.78 bits per heavy atom. The van der Waals surface area contributed by atoms with Gasteiger partial charge >= 0.3 is 5.97 Å². The SMILES string of the molecule is CCOC(=O)CC(C)SC(=O)c1cccc(Cl)c1. The van der Waals surface area contributed by atoms with Crippen molar-refractivity contribution in [2.24, 2.45) is 0 Å². The van der Waals surface area contributed by atoms with Crippen molar-refractivity contribution in [3.63, 3.8) is 0 Å². The van der Waals surface area contributed by atoms with Gasteiger partial charge in [-0.25, -0.2) is 0 Å². The van der Waals surface area contributed by atoms with Gasteiger partial charge in [-0.05, 0) is 19.1 Å². The molecule has 0 fully saturated rings. The minimum atomic E-state index is -0.281. The first-order chi connectivity index (χ1) is 8.52. The van der Waals surface area contributed by atoms with E-state index in [2.05, 4.69) is 0 Å². The minimum absolute atomic E-state index is 0.0886. The molecule has 0 amide bonds. The fraction of sp³-hybridized carbons (Fsp3) is 0.385. The number of benzene rings is 1. The minimum Gasteiger partial charge on any atom is -0.466 e. The van der Waals surface area contributed by atoms with Gasteiger partial charge in [-0.1, -0.05) is 42.4 Å². The summed E-state index contributed by atoms with van der Waals surface area (Å²) < 4.78 is 4.83. The van der Waals surface area contributed by atoms with Crippen LogP contribution in [0.2, 0.25) is 5.02 Å². The summed E-state index contributed by atoms with van der Waals surface area (Å²) in [4.78, 5) is 23.2. The Balaban J connectivity index is 2.52. The number of hydrogen-bond donors (Lipinski definition) is 0. The Labute approximate surface area is 116 Å². The third kappa shape index (κ3) is 5.10. The average Bonchev–Trinajstić information content (AvgIpc) is 2.28. The maximum atomic E-state index is 11.9. The topological polar surface area (TPSA) is 43.4 Å². The van der Waals surface area contributed by atoms with Gasteiger partial charge in [0.25, 0.3) is 0 Å². The number of rotatable bonds is 5. The number of carbonyl (C=O) groups is 2. The van der Waals surface area contributed by atoms with Crippen molar-refractivity contribution in [2.45, 2.75) is 25.5 Å². The number of esters is 1. The number of thioether (sulfide) groups is 1. The lowest BCUT2D eigenvalue weighted by Crippen LogP contribution is -2.12. The van der Waals surface area contributed by atoms with Crippen LogP contribution in [0.5, 0.6) is 0 Å². The van der Waals surface area contributed by atoms with Crippen molar-refractivity contribution < 1.29 is 14.3 Å². The molecule has 0 aliphatic rings. The highest BCUT2D eigenvalue weighted by atomic mass is 35.5. The molecular weight excluding hydrogens is 272 g/mol. The average molecular weight is 287 g/mol. The summed E-state index contributed by atoms with van der Waals surface area (Å²) in [6, 6.07) is 6.77. The summed E-state index contributed by atoms with van der Waals surface area (Å²) >= 11 is 6.93. The van der Waals surface area contributed by atoms with Crippen LogP contribution in [0, 0.1) is 0 Å². The lowest BCUT2D eigenvalue weighted by atomic mass is 10.2. The third-order valence-corrected chi connectivity index (χ3v) is 3.38. The normalized spacial score (nSPS) is 11.9. The second-order valence-corrected chi connectivity index (χ2v) is 5.58. The highest BCUT2D eigenvalue weighted by Gasteiger charge is 2.16. The van der Waals surface area contributed by atoms with Gasteiger partial charge in [-0.2, -0.15) is 0 Å². The van der Waals surface area contributed by atoms with Crippen molar-refractivity contribution in [3.8, 4) is 0 Å². The first-order valence-corrected chi connectivity index (χ1v) is 6.91. The quantitative estimate of drug-likeness (QED) is 0.776. The van der Waals surface area contributed by atoms with E-state index in [0.29, 0.717) is 17.2 Å². The predicted octanol–water partition coefficient (Wildman–Crippen LogP) is 3.56. The molecule has 1 rings (SSSR count). The van der Waals surface area contributed by atoms with Crippen LogP contribution in [-0.4, -0.2) is 22.9 Å². The van der Waals surface area contributed by atoms with Gasteiger partial charge in [0.15, 0.2) is 0 Å². The Kier molecular flexibility index (Phi) is 6.22. The van der Waals surface area contributed by atoms with E-state index in [0.717, 1.165) is 11.8 Å². The Morgan fingerprint density at radius 1 is 1.44 bits per heavy atom. The molecule has 1 unspecified atom stereocenters. The van der Waals surface area contributed by atoms with Crippen LogP contribution < -0.4 is 0 Å². The maximum absolute atomic E-state index is 11.9. The zero-order valence-electron chi connectivity index (χ0n) is 10.3. The number of carbonyl (C=O) groups excluding carboxylic acids is 2. The molecule has 0 saturated heterocycles. The molecule has 18 heavy (non-hydrogen) atoms. The largest absolute Gasteiger partial charge is 0.466 e. The Bertz CT molecular complexity index is 434. The van der Waals surface area contributed by atoms with E-state index in [4.69, 9.17) is 16.3 Å². The van der Waals surface area contributed by atoms with Gasteiger partial charge in [0.05, 0.1) is 13.0 Å². The first kappa shape index (κ1) is 15.1. The monoisotopic (exact) mass is 286 g/mol. The van der Waals surface area contributed by atoms with Crippen molar-refractivity contribution in [1.29, 1.82) is 0 Å². The van der Waals surface area contributed by atoms with Crippen LogP contribution >= 0.6 is 23.4 Å². The molecule has 5 heteroatoms. The molecule has 3 nitrogen and oxygen atoms in total. The smallest absolute Gasteiger partial charge is 0.306 e. The molecule has 0 aliphatic heterocycles. The number of ether oxygens (including phenoxy) is 1. The zero-order valence-corrected chi connectivity index (χ0v) is 11.9. The second-order valence-electron chi connectivity index (χ2n) is 3.74. The van der Waals surface area contributed by atoms with E-state index in [9.17, 15) is 9.59 Å². The molecule has 0 aromatic heterocycles. The third-order valence-electron chi connectivity index (χ3n) is 2.13. The Morgan fingerprint density at radius 2 is 2.17 bits per heavy atom. The van der Waals surface area contributed by atoms with Gasteiger partial charge in [0, 0.05) is 15.8 Å². The molecule has 0 saturated carbocycles. The summed E-state index contributed by atoms with van der Waals surface area (Å²) in [5.41, 5.74) is 0.545. The van der Waals surface area contributed by atoms with Crippen molar-refractivity contribution in [3.05, 3.63) is 34.9 Å². The fourth-order valence-corrected chi connectivity index (χ4v) is 2.40. The lowest BCUT2D eigenvalue weighted by Gasteiger charge is -2.09. The second kappa shape index (κ2) is 7.44. The standard InChI is InChI=1S/C13H15ClO3S/c1-3-17-12(15)7-9(2)18-13(16)10-5-4-6-11(14)8-10/h4-6,8-9H,3,7H2,1-2H3. The summed E-state index contributed by atoms with van der Waals surface area (Å²) in [7, 11) is 0. The van der Waals surface area contributed by atoms with E-state index in [1.807, 2.05) is 6.92 Å². The number of halogens is 1.